The number of ether oxygens (including phenoxy) is 1. The summed E-state index contributed by atoms with van der Waals surface area (Å²) >= 11 is 3.64. The molecule has 0 aromatic heterocycles. The summed E-state index contributed by atoms with van der Waals surface area (Å²) in [5, 5.41) is 7.42. The molecule has 0 bridgehead atoms. The molecule has 0 amide bonds. The second kappa shape index (κ2) is 7.55. The predicted octanol–water partition coefficient (Wildman–Crippen LogP) is 6.46. The van der Waals surface area contributed by atoms with E-state index >= 15 is 0 Å². The van der Waals surface area contributed by atoms with Crippen LogP contribution in [0.4, 0.5) is 0 Å². The van der Waals surface area contributed by atoms with Crippen LogP contribution in [0, 0.1) is 5.92 Å². The zero-order chi connectivity index (χ0) is 19.1. The molecule has 0 radical (unpaired) electrons. The lowest BCUT2D eigenvalue weighted by Gasteiger charge is -2.42. The molecule has 3 aliphatic rings. The standard InChI is InChI=1S/C24H27BrN2O/c1-2-16-8-10-17(11-9-16)21-15-22-20-14-19(25)12-13-23(20)28-24(27(22)26-21)18-6-4-3-5-7-18/h8-14,18,22,24H,2-7,15H2,1H3. The molecule has 2 atom stereocenters. The number of hydrazone groups is 1. The highest BCUT2D eigenvalue weighted by Crippen LogP contribution is 2.47. The first-order chi connectivity index (χ1) is 13.7. The number of hydrogen-bond acceptors (Lipinski definition) is 3. The summed E-state index contributed by atoms with van der Waals surface area (Å²) in [7, 11) is 0. The molecule has 0 spiro atoms. The molecule has 5 rings (SSSR count). The lowest BCUT2D eigenvalue weighted by atomic mass is 9.86. The van der Waals surface area contributed by atoms with Gasteiger partial charge in [0, 0.05) is 22.4 Å². The summed E-state index contributed by atoms with van der Waals surface area (Å²) in [4.78, 5) is 0. The summed E-state index contributed by atoms with van der Waals surface area (Å²) in [5.41, 5.74) is 5.05. The highest BCUT2D eigenvalue weighted by Gasteiger charge is 2.43. The quantitative estimate of drug-likeness (QED) is 0.548. The fourth-order valence-electron chi connectivity index (χ4n) is 4.92. The van der Waals surface area contributed by atoms with Gasteiger partial charge >= 0.3 is 0 Å². The number of rotatable bonds is 3. The van der Waals surface area contributed by atoms with E-state index in [1.165, 1.54) is 54.5 Å². The van der Waals surface area contributed by atoms with E-state index in [-0.39, 0.29) is 12.3 Å². The topological polar surface area (TPSA) is 24.8 Å². The Morgan fingerprint density at radius 3 is 2.61 bits per heavy atom. The normalized spacial score (nSPS) is 24.4. The van der Waals surface area contributed by atoms with Crippen molar-refractivity contribution < 1.29 is 4.74 Å². The smallest absolute Gasteiger partial charge is 0.190 e. The average molecular weight is 439 g/mol. The molecule has 0 N–H and O–H groups in total. The van der Waals surface area contributed by atoms with E-state index in [1.54, 1.807) is 0 Å². The first-order valence-corrected chi connectivity index (χ1v) is 11.4. The van der Waals surface area contributed by atoms with E-state index in [0.717, 1.165) is 23.1 Å². The van der Waals surface area contributed by atoms with Gasteiger partial charge in [-0.3, -0.25) is 0 Å². The van der Waals surface area contributed by atoms with Crippen LogP contribution in [0.3, 0.4) is 0 Å². The first-order valence-electron chi connectivity index (χ1n) is 10.6. The predicted molar refractivity (Wildman–Crippen MR) is 117 cm³/mol. The highest BCUT2D eigenvalue weighted by molar-refractivity contribution is 9.10. The van der Waals surface area contributed by atoms with Crippen molar-refractivity contribution in [1.82, 2.24) is 5.01 Å². The van der Waals surface area contributed by atoms with Crippen LogP contribution in [-0.2, 0) is 6.42 Å². The third-order valence-electron chi connectivity index (χ3n) is 6.53. The molecular weight excluding hydrogens is 412 g/mol. The average Bonchev–Trinajstić information content (AvgIpc) is 3.20. The van der Waals surface area contributed by atoms with Crippen molar-refractivity contribution in [1.29, 1.82) is 0 Å². The largest absolute Gasteiger partial charge is 0.468 e. The molecule has 1 aliphatic carbocycles. The van der Waals surface area contributed by atoms with Gasteiger partial charge in [0.15, 0.2) is 6.23 Å². The number of halogens is 1. The lowest BCUT2D eigenvalue weighted by molar-refractivity contribution is -0.0644. The molecule has 28 heavy (non-hydrogen) atoms. The zero-order valence-electron chi connectivity index (χ0n) is 16.4. The Hall–Kier alpha value is -1.81. The third-order valence-corrected chi connectivity index (χ3v) is 7.02. The van der Waals surface area contributed by atoms with Crippen LogP contribution < -0.4 is 4.74 Å². The molecule has 3 nitrogen and oxygen atoms in total. The van der Waals surface area contributed by atoms with Gasteiger partial charge in [-0.15, -0.1) is 0 Å². The molecule has 1 saturated carbocycles. The van der Waals surface area contributed by atoms with Crippen LogP contribution in [0.15, 0.2) is 52.0 Å². The maximum atomic E-state index is 6.56. The Morgan fingerprint density at radius 2 is 1.86 bits per heavy atom. The minimum absolute atomic E-state index is 0.0615. The molecule has 4 heteroatoms. The monoisotopic (exact) mass is 438 g/mol. The van der Waals surface area contributed by atoms with E-state index in [1.807, 2.05) is 0 Å². The summed E-state index contributed by atoms with van der Waals surface area (Å²) in [6.45, 7) is 2.20. The van der Waals surface area contributed by atoms with Crippen molar-refractivity contribution in [3.05, 3.63) is 63.6 Å². The second-order valence-corrected chi connectivity index (χ2v) is 9.20. The van der Waals surface area contributed by atoms with Crippen LogP contribution in [0.2, 0.25) is 0 Å². The van der Waals surface area contributed by atoms with Crippen molar-refractivity contribution in [2.45, 2.75) is 64.1 Å². The van der Waals surface area contributed by atoms with Gasteiger partial charge in [-0.25, -0.2) is 5.01 Å². The van der Waals surface area contributed by atoms with Gasteiger partial charge in [0.05, 0.1) is 11.8 Å². The van der Waals surface area contributed by atoms with E-state index < -0.39 is 0 Å². The molecule has 2 aromatic rings. The summed E-state index contributed by atoms with van der Waals surface area (Å²) < 4.78 is 7.66. The molecular formula is C24H27BrN2O. The fraction of sp³-hybridized carbons (Fsp3) is 0.458. The fourth-order valence-corrected chi connectivity index (χ4v) is 5.30. The molecule has 146 valence electrons. The van der Waals surface area contributed by atoms with Gasteiger partial charge in [-0.1, -0.05) is 66.4 Å². The zero-order valence-corrected chi connectivity index (χ0v) is 18.0. The molecule has 0 saturated heterocycles. The second-order valence-electron chi connectivity index (χ2n) is 8.29. The van der Waals surface area contributed by atoms with Gasteiger partial charge in [0.1, 0.15) is 5.75 Å². The van der Waals surface area contributed by atoms with E-state index in [9.17, 15) is 0 Å². The van der Waals surface area contributed by atoms with Crippen LogP contribution in [0.5, 0.6) is 5.75 Å². The van der Waals surface area contributed by atoms with Crippen molar-refractivity contribution in [3.8, 4) is 5.75 Å². The van der Waals surface area contributed by atoms with Crippen molar-refractivity contribution in [3.63, 3.8) is 0 Å². The van der Waals surface area contributed by atoms with Crippen molar-refractivity contribution in [2.75, 3.05) is 0 Å². The molecule has 2 unspecified atom stereocenters. The minimum atomic E-state index is 0.0615. The molecule has 1 fully saturated rings. The van der Waals surface area contributed by atoms with Gasteiger partial charge in [0.2, 0.25) is 0 Å². The van der Waals surface area contributed by atoms with Crippen molar-refractivity contribution in [2.24, 2.45) is 11.0 Å². The summed E-state index contributed by atoms with van der Waals surface area (Å²) in [5.74, 6) is 1.61. The van der Waals surface area contributed by atoms with Gasteiger partial charge < -0.3 is 4.74 Å². The summed E-state index contributed by atoms with van der Waals surface area (Å²) in [6, 6.07) is 15.6. The minimum Gasteiger partial charge on any atom is -0.468 e. The third kappa shape index (κ3) is 3.26. The van der Waals surface area contributed by atoms with E-state index in [2.05, 4.69) is 70.3 Å². The Balaban J connectivity index is 1.51. The van der Waals surface area contributed by atoms with Crippen LogP contribution in [0.25, 0.3) is 0 Å². The highest BCUT2D eigenvalue weighted by atomic mass is 79.9. The maximum Gasteiger partial charge on any atom is 0.190 e. The van der Waals surface area contributed by atoms with E-state index in [0.29, 0.717) is 5.92 Å². The number of hydrogen-bond donors (Lipinski definition) is 0. The first kappa shape index (κ1) is 18.2. The Kier molecular flexibility index (Phi) is 4.92. The lowest BCUT2D eigenvalue weighted by Crippen LogP contribution is -2.45. The van der Waals surface area contributed by atoms with Crippen molar-refractivity contribution >= 4 is 21.6 Å². The maximum absolute atomic E-state index is 6.56. The Labute approximate surface area is 175 Å². The van der Waals surface area contributed by atoms with Crippen LogP contribution in [0.1, 0.15) is 68.2 Å². The molecule has 2 aromatic carbocycles. The van der Waals surface area contributed by atoms with Crippen LogP contribution in [-0.4, -0.2) is 16.9 Å². The number of benzene rings is 2. The van der Waals surface area contributed by atoms with E-state index in [4.69, 9.17) is 9.84 Å². The van der Waals surface area contributed by atoms with Crippen LogP contribution >= 0.6 is 15.9 Å². The molecule has 2 heterocycles. The van der Waals surface area contributed by atoms with Gasteiger partial charge in [-0.2, -0.15) is 5.10 Å². The number of aryl methyl sites for hydroxylation is 1. The summed E-state index contributed by atoms with van der Waals surface area (Å²) in [6.07, 6.45) is 8.55. The Morgan fingerprint density at radius 1 is 1.07 bits per heavy atom. The number of fused-ring (bicyclic) bond motifs is 3. The van der Waals surface area contributed by atoms with Gasteiger partial charge in [0.25, 0.3) is 0 Å². The molecule has 2 aliphatic heterocycles. The number of nitrogens with zero attached hydrogens (tertiary/aromatic N) is 2. The Bertz CT molecular complexity index is 886. The van der Waals surface area contributed by atoms with Gasteiger partial charge in [-0.05, 0) is 48.6 Å². The SMILES string of the molecule is CCc1ccc(C2=NN3C(C2)c2cc(Br)ccc2OC3C2CCCCC2)cc1.